The topological polar surface area (TPSA) is 61.8 Å². The van der Waals surface area contributed by atoms with Crippen molar-refractivity contribution in [2.24, 2.45) is 0 Å². The summed E-state index contributed by atoms with van der Waals surface area (Å²) in [6, 6.07) is 6.24. The smallest absolute Gasteiger partial charge is 0.237 e. The van der Waals surface area contributed by atoms with Crippen LogP contribution in [0, 0.1) is 5.82 Å². The fraction of sp³-hybridized carbons (Fsp3) is 0.588. The van der Waals surface area contributed by atoms with Crippen LogP contribution >= 0.6 is 0 Å². The number of benzene rings is 1. The van der Waals surface area contributed by atoms with Crippen molar-refractivity contribution < 1.29 is 19.0 Å². The second-order valence-corrected chi connectivity index (χ2v) is 5.85. The Bertz CT molecular complexity index is 512. The molecule has 23 heavy (non-hydrogen) atoms. The molecule has 2 unspecified atom stereocenters. The van der Waals surface area contributed by atoms with Crippen LogP contribution in [0.2, 0.25) is 0 Å². The largest absolute Gasteiger partial charge is 0.389 e. The molecule has 5 nitrogen and oxygen atoms in total. The zero-order valence-corrected chi connectivity index (χ0v) is 13.5. The van der Waals surface area contributed by atoms with Crippen molar-refractivity contribution in [3.63, 3.8) is 0 Å². The molecular weight excluding hydrogens is 299 g/mol. The Morgan fingerprint density at radius 2 is 2.26 bits per heavy atom. The van der Waals surface area contributed by atoms with E-state index >= 15 is 0 Å². The lowest BCUT2D eigenvalue weighted by Gasteiger charge is -2.36. The first-order chi connectivity index (χ1) is 11.1. The number of rotatable bonds is 8. The van der Waals surface area contributed by atoms with E-state index in [1.165, 1.54) is 6.07 Å². The highest BCUT2D eigenvalue weighted by molar-refractivity contribution is 5.82. The zero-order valence-electron chi connectivity index (χ0n) is 13.5. The first-order valence-electron chi connectivity index (χ1n) is 8.12. The van der Waals surface area contributed by atoms with Crippen LogP contribution < -0.4 is 5.32 Å². The molecule has 128 valence electrons. The van der Waals surface area contributed by atoms with Gasteiger partial charge in [0.05, 0.1) is 25.4 Å². The van der Waals surface area contributed by atoms with Gasteiger partial charge in [0.1, 0.15) is 5.82 Å². The van der Waals surface area contributed by atoms with Crippen molar-refractivity contribution in [2.75, 3.05) is 26.2 Å². The molecule has 2 N–H and O–H groups in total. The number of hydrogen-bond donors (Lipinski definition) is 2. The van der Waals surface area contributed by atoms with Gasteiger partial charge in [-0.25, -0.2) is 4.39 Å². The summed E-state index contributed by atoms with van der Waals surface area (Å²) >= 11 is 0. The van der Waals surface area contributed by atoms with Crippen LogP contribution in [0.15, 0.2) is 24.3 Å². The number of aliphatic hydroxyl groups is 1. The maximum absolute atomic E-state index is 13.5. The van der Waals surface area contributed by atoms with Gasteiger partial charge in [-0.1, -0.05) is 31.5 Å². The fourth-order valence-corrected chi connectivity index (χ4v) is 2.81. The molecule has 2 rings (SSSR count). The first kappa shape index (κ1) is 17.8. The van der Waals surface area contributed by atoms with E-state index in [0.29, 0.717) is 18.7 Å². The highest BCUT2D eigenvalue weighted by atomic mass is 19.1. The molecule has 1 fully saturated rings. The van der Waals surface area contributed by atoms with Gasteiger partial charge in [0.25, 0.3) is 0 Å². The number of nitrogens with one attached hydrogen (secondary N) is 1. The summed E-state index contributed by atoms with van der Waals surface area (Å²) in [6.45, 7) is 3.99. The molecule has 0 aromatic heterocycles. The summed E-state index contributed by atoms with van der Waals surface area (Å²) < 4.78 is 18.9. The molecule has 6 heteroatoms. The number of halogens is 1. The number of nitrogens with zero attached hydrogens (tertiary/aromatic N) is 1. The molecule has 0 spiro atoms. The van der Waals surface area contributed by atoms with Crippen molar-refractivity contribution in [1.82, 2.24) is 10.2 Å². The number of piperazine rings is 1. The van der Waals surface area contributed by atoms with Crippen LogP contribution in [0.4, 0.5) is 4.39 Å². The maximum atomic E-state index is 13.5. The van der Waals surface area contributed by atoms with Gasteiger partial charge in [0, 0.05) is 25.2 Å². The summed E-state index contributed by atoms with van der Waals surface area (Å²) in [7, 11) is 0. The Hall–Kier alpha value is -1.50. The molecule has 1 amide bonds. The second-order valence-electron chi connectivity index (χ2n) is 5.85. The van der Waals surface area contributed by atoms with Crippen LogP contribution in [0.1, 0.15) is 25.3 Å². The standard InChI is InChI=1S/C17H25FN2O3/c1-2-5-16-17(22)19-8-9-20(16)10-14(21)12-23-11-13-6-3-4-7-15(13)18/h3-4,6-7,14,16,21H,2,5,8-12H2,1H3,(H,19,22). The lowest BCUT2D eigenvalue weighted by atomic mass is 10.1. The monoisotopic (exact) mass is 324 g/mol. The average Bonchev–Trinajstić information content (AvgIpc) is 2.53. The molecule has 0 aliphatic carbocycles. The van der Waals surface area contributed by atoms with E-state index < -0.39 is 6.10 Å². The van der Waals surface area contributed by atoms with E-state index in [-0.39, 0.29) is 31.0 Å². The van der Waals surface area contributed by atoms with E-state index in [2.05, 4.69) is 5.32 Å². The summed E-state index contributed by atoms with van der Waals surface area (Å²) in [5, 5.41) is 13.0. The Labute approximate surface area is 136 Å². The van der Waals surface area contributed by atoms with Crippen molar-refractivity contribution in [1.29, 1.82) is 0 Å². The van der Waals surface area contributed by atoms with Gasteiger partial charge in [0.15, 0.2) is 0 Å². The van der Waals surface area contributed by atoms with Gasteiger partial charge in [-0.2, -0.15) is 0 Å². The molecule has 1 aliphatic rings. The maximum Gasteiger partial charge on any atom is 0.237 e. The number of hydrogen-bond acceptors (Lipinski definition) is 4. The van der Waals surface area contributed by atoms with Gasteiger partial charge in [-0.15, -0.1) is 0 Å². The van der Waals surface area contributed by atoms with Gasteiger partial charge in [-0.05, 0) is 12.5 Å². The molecule has 1 aromatic rings. The highest BCUT2D eigenvalue weighted by Gasteiger charge is 2.29. The van der Waals surface area contributed by atoms with Gasteiger partial charge in [0.2, 0.25) is 5.91 Å². The molecule has 1 heterocycles. The highest BCUT2D eigenvalue weighted by Crippen LogP contribution is 2.12. The van der Waals surface area contributed by atoms with Crippen LogP contribution in [0.25, 0.3) is 0 Å². The number of amides is 1. The number of ether oxygens (including phenoxy) is 1. The normalized spacial score (nSPS) is 20.3. The van der Waals surface area contributed by atoms with Crippen LogP contribution in [-0.4, -0.2) is 54.3 Å². The lowest BCUT2D eigenvalue weighted by Crippen LogP contribution is -2.57. The third-order valence-corrected chi connectivity index (χ3v) is 3.97. The summed E-state index contributed by atoms with van der Waals surface area (Å²) in [5.41, 5.74) is 0.473. The van der Waals surface area contributed by atoms with Gasteiger partial charge >= 0.3 is 0 Å². The molecular formula is C17H25FN2O3. The fourth-order valence-electron chi connectivity index (χ4n) is 2.81. The molecule has 2 atom stereocenters. The number of carbonyl (C=O) groups is 1. The summed E-state index contributed by atoms with van der Waals surface area (Å²) in [6.07, 6.45) is 0.982. The molecule has 0 saturated carbocycles. The summed E-state index contributed by atoms with van der Waals surface area (Å²) in [4.78, 5) is 13.9. The van der Waals surface area contributed by atoms with E-state index in [9.17, 15) is 14.3 Å². The van der Waals surface area contributed by atoms with Crippen LogP contribution in [0.3, 0.4) is 0 Å². The van der Waals surface area contributed by atoms with Crippen LogP contribution in [-0.2, 0) is 16.1 Å². The number of aliphatic hydroxyl groups excluding tert-OH is 1. The third-order valence-electron chi connectivity index (χ3n) is 3.97. The van der Waals surface area contributed by atoms with Crippen molar-refractivity contribution in [3.05, 3.63) is 35.6 Å². The molecule has 1 saturated heterocycles. The predicted molar refractivity (Wildman–Crippen MR) is 85.3 cm³/mol. The number of β-amino-alcohol motifs (C(OH)–C–C–N with tert-alkyl or cyclic N) is 1. The Morgan fingerprint density at radius 1 is 1.48 bits per heavy atom. The van der Waals surface area contributed by atoms with Crippen molar-refractivity contribution in [3.8, 4) is 0 Å². The second kappa shape index (κ2) is 8.96. The minimum absolute atomic E-state index is 0.0255. The third kappa shape index (κ3) is 5.27. The SMILES string of the molecule is CCCC1C(=O)NCCN1CC(O)COCc1ccccc1F. The molecule has 1 aliphatic heterocycles. The predicted octanol–water partition coefficient (Wildman–Crippen LogP) is 1.30. The van der Waals surface area contributed by atoms with Crippen molar-refractivity contribution in [2.45, 2.75) is 38.5 Å². The molecule has 0 radical (unpaired) electrons. The average molecular weight is 324 g/mol. The summed E-state index contributed by atoms with van der Waals surface area (Å²) in [5.74, 6) is -0.282. The molecule has 1 aromatic carbocycles. The Balaban J connectivity index is 1.78. The Morgan fingerprint density at radius 3 is 3.00 bits per heavy atom. The van der Waals surface area contributed by atoms with Gasteiger partial charge in [-0.3, -0.25) is 9.69 Å². The van der Waals surface area contributed by atoms with E-state index in [4.69, 9.17) is 4.74 Å². The van der Waals surface area contributed by atoms with Crippen LogP contribution in [0.5, 0.6) is 0 Å². The van der Waals surface area contributed by atoms with Gasteiger partial charge < -0.3 is 15.2 Å². The van der Waals surface area contributed by atoms with Crippen molar-refractivity contribution >= 4 is 5.91 Å². The minimum Gasteiger partial charge on any atom is -0.389 e. The lowest BCUT2D eigenvalue weighted by molar-refractivity contribution is -0.130. The van der Waals surface area contributed by atoms with E-state index in [1.54, 1.807) is 18.2 Å². The first-order valence-corrected chi connectivity index (χ1v) is 8.12. The minimum atomic E-state index is -0.702. The Kier molecular flexibility index (Phi) is 6.95. The molecule has 0 bridgehead atoms. The van der Waals surface area contributed by atoms with E-state index in [1.807, 2.05) is 11.8 Å². The quantitative estimate of drug-likeness (QED) is 0.757. The number of carbonyl (C=O) groups excluding carboxylic acids is 1. The van der Waals surface area contributed by atoms with E-state index in [0.717, 1.165) is 19.4 Å². The zero-order chi connectivity index (χ0) is 16.7.